The lowest BCUT2D eigenvalue weighted by Crippen LogP contribution is -2.26. The molecule has 0 amide bonds. The van der Waals surface area contributed by atoms with E-state index in [9.17, 15) is 4.39 Å². The highest BCUT2D eigenvalue weighted by Crippen LogP contribution is 2.36. The molecule has 2 aromatic heterocycles. The molecule has 114 valence electrons. The Morgan fingerprint density at radius 1 is 1.14 bits per heavy atom. The number of anilines is 1. The number of halogens is 1. The highest BCUT2D eigenvalue weighted by atomic mass is 19.1. The van der Waals surface area contributed by atoms with E-state index in [1.54, 1.807) is 18.3 Å². The third kappa shape index (κ3) is 2.77. The maximum absolute atomic E-state index is 13.2. The first-order valence-electron chi connectivity index (χ1n) is 7.11. The lowest BCUT2D eigenvalue weighted by molar-refractivity contribution is 0.347. The Kier molecular flexibility index (Phi) is 3.52. The van der Waals surface area contributed by atoms with Gasteiger partial charge in [-0.1, -0.05) is 32.9 Å². The molecule has 0 bridgehead atoms. The molecule has 2 N–H and O–H groups in total. The first kappa shape index (κ1) is 14.4. The van der Waals surface area contributed by atoms with Crippen molar-refractivity contribution in [2.45, 2.75) is 26.8 Å². The zero-order valence-electron chi connectivity index (χ0n) is 12.8. The van der Waals surface area contributed by atoms with E-state index in [4.69, 9.17) is 0 Å². The summed E-state index contributed by atoms with van der Waals surface area (Å²) in [7, 11) is 0. The molecule has 0 fully saturated rings. The number of nitrogens with zero attached hydrogens (tertiary/aromatic N) is 3. The molecule has 1 atom stereocenters. The van der Waals surface area contributed by atoms with Crippen LogP contribution in [0.1, 0.15) is 32.4 Å². The Balaban J connectivity index is 2.00. The number of H-pyrrole nitrogens is 1. The highest BCUT2D eigenvalue weighted by molar-refractivity contribution is 5.85. The minimum atomic E-state index is -0.240. The average Bonchev–Trinajstić information content (AvgIpc) is 2.94. The van der Waals surface area contributed by atoms with Crippen molar-refractivity contribution in [3.05, 3.63) is 48.2 Å². The summed E-state index contributed by atoms with van der Waals surface area (Å²) >= 11 is 0. The number of nitrogens with one attached hydrogen (secondary N) is 2. The maximum Gasteiger partial charge on any atom is 0.160 e. The van der Waals surface area contributed by atoms with E-state index in [1.807, 2.05) is 0 Å². The predicted octanol–water partition coefficient (Wildman–Crippen LogP) is 3.69. The fourth-order valence-corrected chi connectivity index (χ4v) is 2.47. The second-order valence-electron chi connectivity index (χ2n) is 6.35. The van der Waals surface area contributed by atoms with E-state index < -0.39 is 0 Å². The number of aromatic nitrogens is 4. The molecule has 0 radical (unpaired) electrons. The summed E-state index contributed by atoms with van der Waals surface area (Å²) in [5.74, 6) is 0.471. The molecule has 0 saturated carbocycles. The van der Waals surface area contributed by atoms with Crippen LogP contribution in [0.15, 0.2) is 36.8 Å². The molecule has 0 aliphatic rings. The summed E-state index contributed by atoms with van der Waals surface area (Å²) < 4.78 is 13.2. The van der Waals surface area contributed by atoms with E-state index in [0.717, 1.165) is 10.9 Å². The van der Waals surface area contributed by atoms with Crippen LogP contribution in [0.5, 0.6) is 0 Å². The normalized spacial score (nSPS) is 13.3. The molecular formula is C16H18FN5. The number of aromatic amines is 1. The minimum Gasteiger partial charge on any atom is -0.362 e. The van der Waals surface area contributed by atoms with Crippen LogP contribution in [0.4, 0.5) is 10.2 Å². The summed E-state index contributed by atoms with van der Waals surface area (Å²) in [4.78, 5) is 8.46. The molecule has 0 spiro atoms. The van der Waals surface area contributed by atoms with Crippen LogP contribution >= 0.6 is 0 Å². The number of benzene rings is 1. The second-order valence-corrected chi connectivity index (χ2v) is 6.35. The summed E-state index contributed by atoms with van der Waals surface area (Å²) in [6.45, 7) is 6.38. The van der Waals surface area contributed by atoms with Crippen LogP contribution in [0.2, 0.25) is 0 Å². The Morgan fingerprint density at radius 2 is 1.86 bits per heavy atom. The highest BCUT2D eigenvalue weighted by Gasteiger charge is 2.27. The molecule has 5 nitrogen and oxygen atoms in total. The minimum absolute atomic E-state index is 0.0268. The molecule has 22 heavy (non-hydrogen) atoms. The van der Waals surface area contributed by atoms with E-state index in [0.29, 0.717) is 11.5 Å². The van der Waals surface area contributed by atoms with Gasteiger partial charge in [0.05, 0.1) is 17.6 Å². The summed E-state index contributed by atoms with van der Waals surface area (Å²) in [5.41, 5.74) is 1.60. The molecular weight excluding hydrogens is 281 g/mol. The van der Waals surface area contributed by atoms with Crippen LogP contribution in [0.25, 0.3) is 11.0 Å². The number of fused-ring (bicyclic) bond motifs is 1. The van der Waals surface area contributed by atoms with Crippen molar-refractivity contribution in [1.82, 2.24) is 20.2 Å². The Bertz CT molecular complexity index is 773. The molecule has 3 rings (SSSR count). The Morgan fingerprint density at radius 3 is 2.55 bits per heavy atom. The molecule has 0 aliphatic heterocycles. The Labute approximate surface area is 128 Å². The first-order chi connectivity index (χ1) is 10.4. The van der Waals surface area contributed by atoms with Gasteiger partial charge in [0.1, 0.15) is 18.0 Å². The van der Waals surface area contributed by atoms with Gasteiger partial charge in [-0.15, -0.1) is 0 Å². The third-order valence-electron chi connectivity index (χ3n) is 3.60. The zero-order valence-corrected chi connectivity index (χ0v) is 12.8. The van der Waals surface area contributed by atoms with E-state index in [1.165, 1.54) is 18.5 Å². The topological polar surface area (TPSA) is 66.5 Å². The number of hydrogen-bond donors (Lipinski definition) is 2. The largest absolute Gasteiger partial charge is 0.362 e. The van der Waals surface area contributed by atoms with Crippen molar-refractivity contribution in [3.8, 4) is 0 Å². The summed E-state index contributed by atoms with van der Waals surface area (Å²) in [5, 5.41) is 11.1. The van der Waals surface area contributed by atoms with Crippen molar-refractivity contribution in [2.24, 2.45) is 5.41 Å². The van der Waals surface area contributed by atoms with Gasteiger partial charge >= 0.3 is 0 Å². The predicted molar refractivity (Wildman–Crippen MR) is 83.9 cm³/mol. The molecule has 3 aromatic rings. The van der Waals surface area contributed by atoms with E-state index >= 15 is 0 Å². The fraction of sp³-hybridized carbons (Fsp3) is 0.312. The SMILES string of the molecule is CC(C)(C)C(Nc1ncnc2[nH]ncc12)c1ccc(F)cc1. The summed E-state index contributed by atoms with van der Waals surface area (Å²) in [6.07, 6.45) is 3.19. The van der Waals surface area contributed by atoms with Crippen molar-refractivity contribution in [1.29, 1.82) is 0 Å². The lowest BCUT2D eigenvalue weighted by atomic mass is 9.82. The average molecular weight is 299 g/mol. The van der Waals surface area contributed by atoms with Crippen LogP contribution in [-0.4, -0.2) is 20.2 Å². The number of rotatable bonds is 3. The van der Waals surface area contributed by atoms with Crippen molar-refractivity contribution in [2.75, 3.05) is 5.32 Å². The van der Waals surface area contributed by atoms with Gasteiger partial charge in [0.15, 0.2) is 5.65 Å². The summed E-state index contributed by atoms with van der Waals surface area (Å²) in [6, 6.07) is 6.52. The number of hydrogen-bond acceptors (Lipinski definition) is 4. The standard InChI is InChI=1S/C16H18FN5/c1-16(2,3)13(10-4-6-11(17)7-5-10)21-14-12-8-20-22-15(12)19-9-18-14/h4-9,13H,1-3H3,(H2,18,19,20,21,22). The molecule has 6 heteroatoms. The van der Waals surface area contributed by atoms with E-state index in [-0.39, 0.29) is 17.3 Å². The van der Waals surface area contributed by atoms with Gasteiger partial charge in [-0.3, -0.25) is 5.10 Å². The molecule has 0 saturated heterocycles. The van der Waals surface area contributed by atoms with Gasteiger partial charge in [-0.25, -0.2) is 14.4 Å². The van der Waals surface area contributed by atoms with Gasteiger partial charge in [0, 0.05) is 0 Å². The van der Waals surface area contributed by atoms with Crippen molar-refractivity contribution < 1.29 is 4.39 Å². The quantitative estimate of drug-likeness (QED) is 0.774. The monoisotopic (exact) mass is 299 g/mol. The third-order valence-corrected chi connectivity index (χ3v) is 3.60. The molecule has 2 heterocycles. The smallest absolute Gasteiger partial charge is 0.160 e. The fourth-order valence-electron chi connectivity index (χ4n) is 2.47. The van der Waals surface area contributed by atoms with Gasteiger partial charge in [0.25, 0.3) is 0 Å². The van der Waals surface area contributed by atoms with Crippen LogP contribution < -0.4 is 5.32 Å². The first-order valence-corrected chi connectivity index (χ1v) is 7.11. The maximum atomic E-state index is 13.2. The van der Waals surface area contributed by atoms with E-state index in [2.05, 4.69) is 46.3 Å². The zero-order chi connectivity index (χ0) is 15.7. The van der Waals surface area contributed by atoms with Crippen LogP contribution in [0.3, 0.4) is 0 Å². The van der Waals surface area contributed by atoms with Crippen molar-refractivity contribution in [3.63, 3.8) is 0 Å². The molecule has 0 aliphatic carbocycles. The molecule has 1 aromatic carbocycles. The Hall–Kier alpha value is -2.50. The molecule has 1 unspecified atom stereocenters. The van der Waals surface area contributed by atoms with Crippen molar-refractivity contribution >= 4 is 16.9 Å². The van der Waals surface area contributed by atoms with Crippen LogP contribution in [0, 0.1) is 11.2 Å². The van der Waals surface area contributed by atoms with Gasteiger partial charge in [-0.2, -0.15) is 5.10 Å². The van der Waals surface area contributed by atoms with Gasteiger partial charge < -0.3 is 5.32 Å². The lowest BCUT2D eigenvalue weighted by Gasteiger charge is -2.32. The second kappa shape index (κ2) is 5.36. The van der Waals surface area contributed by atoms with Crippen LogP contribution in [-0.2, 0) is 0 Å². The van der Waals surface area contributed by atoms with Gasteiger partial charge in [-0.05, 0) is 23.1 Å². The van der Waals surface area contributed by atoms with Gasteiger partial charge in [0.2, 0.25) is 0 Å².